The molecule has 1 heterocycles. The van der Waals surface area contributed by atoms with E-state index in [9.17, 15) is 9.90 Å². The van der Waals surface area contributed by atoms with E-state index in [1.807, 2.05) is 42.5 Å². The summed E-state index contributed by atoms with van der Waals surface area (Å²) in [5.74, 6) is -0.159. The third-order valence-electron chi connectivity index (χ3n) is 4.16. The van der Waals surface area contributed by atoms with E-state index < -0.39 is 12.1 Å². The number of likely N-dealkylation sites (tertiary alicyclic amines) is 1. The van der Waals surface area contributed by atoms with Gasteiger partial charge in [-0.2, -0.15) is 0 Å². The number of nitrogens with two attached hydrogens (primary N) is 1. The Morgan fingerprint density at radius 2 is 1.76 bits per heavy atom. The number of aliphatic hydroxyl groups is 1. The van der Waals surface area contributed by atoms with Gasteiger partial charge in [0.2, 0.25) is 5.91 Å². The molecule has 0 bridgehead atoms. The zero-order valence-corrected chi connectivity index (χ0v) is 11.9. The van der Waals surface area contributed by atoms with E-state index >= 15 is 0 Å². The van der Waals surface area contributed by atoms with Gasteiger partial charge in [0.1, 0.15) is 12.1 Å². The van der Waals surface area contributed by atoms with Crippen molar-refractivity contribution in [1.29, 1.82) is 0 Å². The molecule has 0 aliphatic carbocycles. The van der Waals surface area contributed by atoms with Gasteiger partial charge in [-0.25, -0.2) is 0 Å². The molecule has 0 aromatic heterocycles. The van der Waals surface area contributed by atoms with Crippen molar-refractivity contribution in [3.63, 3.8) is 0 Å². The molecule has 3 rings (SSSR count). The summed E-state index contributed by atoms with van der Waals surface area (Å²) >= 11 is 0. The summed E-state index contributed by atoms with van der Waals surface area (Å²) in [6, 6.07) is 12.7. The normalized spacial score (nSPS) is 17.9. The van der Waals surface area contributed by atoms with Crippen LogP contribution in [0.5, 0.6) is 0 Å². The van der Waals surface area contributed by atoms with Gasteiger partial charge in [-0.3, -0.25) is 4.79 Å². The molecule has 2 aromatic rings. The fourth-order valence-corrected chi connectivity index (χ4v) is 2.88. The molecule has 1 aliphatic rings. The number of hydrogen-bond donors (Lipinski definition) is 2. The average molecular weight is 284 g/mol. The van der Waals surface area contributed by atoms with E-state index in [1.165, 1.54) is 0 Å². The molecule has 4 heteroatoms. The van der Waals surface area contributed by atoms with E-state index in [0.717, 1.165) is 36.7 Å². The molecule has 21 heavy (non-hydrogen) atoms. The molecule has 1 aliphatic heterocycles. The molecule has 0 saturated carbocycles. The number of fused-ring (bicyclic) bond motifs is 1. The SMILES string of the molecule is N[C@@H](C(=O)N1CCCC1)[C@@H](O)c1ccc2ccccc2c1. The Labute approximate surface area is 124 Å². The summed E-state index contributed by atoms with van der Waals surface area (Å²) in [6.07, 6.45) is 1.07. The summed E-state index contributed by atoms with van der Waals surface area (Å²) < 4.78 is 0. The Balaban J connectivity index is 1.81. The molecular formula is C17H20N2O2. The highest BCUT2D eigenvalue weighted by atomic mass is 16.3. The topological polar surface area (TPSA) is 66.6 Å². The lowest BCUT2D eigenvalue weighted by atomic mass is 9.98. The second kappa shape index (κ2) is 5.84. The first-order valence-electron chi connectivity index (χ1n) is 7.38. The lowest BCUT2D eigenvalue weighted by Crippen LogP contribution is -2.45. The average Bonchev–Trinajstić information content (AvgIpc) is 3.06. The maximum Gasteiger partial charge on any atom is 0.242 e. The Morgan fingerprint density at radius 1 is 1.10 bits per heavy atom. The Kier molecular flexibility index (Phi) is 3.90. The van der Waals surface area contributed by atoms with Gasteiger partial charge < -0.3 is 15.7 Å². The van der Waals surface area contributed by atoms with Crippen molar-refractivity contribution in [3.8, 4) is 0 Å². The predicted molar refractivity (Wildman–Crippen MR) is 82.7 cm³/mol. The summed E-state index contributed by atoms with van der Waals surface area (Å²) in [7, 11) is 0. The molecule has 2 atom stereocenters. The highest BCUT2D eigenvalue weighted by Crippen LogP contribution is 2.23. The van der Waals surface area contributed by atoms with Crippen molar-refractivity contribution in [2.45, 2.75) is 25.0 Å². The van der Waals surface area contributed by atoms with Gasteiger partial charge in [0.25, 0.3) is 0 Å². The second-order valence-corrected chi connectivity index (χ2v) is 5.61. The minimum atomic E-state index is -0.970. The number of carbonyl (C=O) groups is 1. The van der Waals surface area contributed by atoms with Crippen molar-refractivity contribution in [1.82, 2.24) is 4.90 Å². The van der Waals surface area contributed by atoms with E-state index in [-0.39, 0.29) is 5.91 Å². The maximum atomic E-state index is 12.3. The Morgan fingerprint density at radius 3 is 2.48 bits per heavy atom. The molecule has 110 valence electrons. The van der Waals surface area contributed by atoms with Crippen LogP contribution in [0, 0.1) is 0 Å². The number of nitrogens with zero attached hydrogens (tertiary/aromatic N) is 1. The van der Waals surface area contributed by atoms with Crippen LogP contribution in [0.2, 0.25) is 0 Å². The van der Waals surface area contributed by atoms with E-state index in [2.05, 4.69) is 0 Å². The van der Waals surface area contributed by atoms with Crippen LogP contribution < -0.4 is 5.73 Å². The monoisotopic (exact) mass is 284 g/mol. The van der Waals surface area contributed by atoms with Crippen LogP contribution >= 0.6 is 0 Å². The van der Waals surface area contributed by atoms with Gasteiger partial charge >= 0.3 is 0 Å². The smallest absolute Gasteiger partial charge is 0.242 e. The summed E-state index contributed by atoms with van der Waals surface area (Å²) in [6.45, 7) is 1.49. The molecule has 0 radical (unpaired) electrons. The van der Waals surface area contributed by atoms with Gasteiger partial charge in [-0.1, -0.05) is 36.4 Å². The fraction of sp³-hybridized carbons (Fsp3) is 0.353. The van der Waals surface area contributed by atoms with Crippen LogP contribution in [0.3, 0.4) is 0 Å². The van der Waals surface area contributed by atoms with Gasteiger partial charge in [0.15, 0.2) is 0 Å². The first kappa shape index (κ1) is 14.0. The van der Waals surface area contributed by atoms with Crippen LogP contribution in [0.4, 0.5) is 0 Å². The Hall–Kier alpha value is -1.91. The molecule has 0 unspecified atom stereocenters. The number of rotatable bonds is 3. The van der Waals surface area contributed by atoms with Crippen molar-refractivity contribution < 1.29 is 9.90 Å². The van der Waals surface area contributed by atoms with Crippen LogP contribution in [-0.4, -0.2) is 35.0 Å². The third kappa shape index (κ3) is 2.77. The van der Waals surface area contributed by atoms with Crippen molar-refractivity contribution in [2.24, 2.45) is 5.73 Å². The van der Waals surface area contributed by atoms with Gasteiger partial charge in [0, 0.05) is 13.1 Å². The molecule has 1 saturated heterocycles. The van der Waals surface area contributed by atoms with Gasteiger partial charge in [0.05, 0.1) is 0 Å². The lowest BCUT2D eigenvalue weighted by Gasteiger charge is -2.24. The molecule has 1 fully saturated rings. The zero-order chi connectivity index (χ0) is 14.8. The third-order valence-corrected chi connectivity index (χ3v) is 4.16. The summed E-state index contributed by atoms with van der Waals surface area (Å²) in [5.41, 5.74) is 6.66. The highest BCUT2D eigenvalue weighted by Gasteiger charge is 2.29. The standard InChI is InChI=1S/C17H20N2O2/c18-15(17(21)19-9-3-4-10-19)16(20)14-8-7-12-5-1-2-6-13(12)11-14/h1-2,5-8,11,15-16,20H,3-4,9-10,18H2/t15-,16+/m1/s1. The first-order valence-corrected chi connectivity index (χ1v) is 7.38. The molecule has 3 N–H and O–H groups in total. The minimum Gasteiger partial charge on any atom is -0.386 e. The molecule has 0 spiro atoms. The number of aliphatic hydroxyl groups excluding tert-OH is 1. The number of amides is 1. The number of benzene rings is 2. The van der Waals surface area contributed by atoms with Crippen molar-refractivity contribution in [3.05, 3.63) is 48.0 Å². The first-order chi connectivity index (χ1) is 10.2. The van der Waals surface area contributed by atoms with Gasteiger partial charge in [-0.05, 0) is 35.2 Å². The van der Waals surface area contributed by atoms with Crippen LogP contribution in [0.25, 0.3) is 10.8 Å². The predicted octanol–water partition coefficient (Wildman–Crippen LogP) is 1.82. The fourth-order valence-electron chi connectivity index (χ4n) is 2.88. The lowest BCUT2D eigenvalue weighted by molar-refractivity contribution is -0.134. The van der Waals surface area contributed by atoms with E-state index in [0.29, 0.717) is 5.56 Å². The minimum absolute atomic E-state index is 0.159. The molecule has 1 amide bonds. The quantitative estimate of drug-likeness (QED) is 0.903. The summed E-state index contributed by atoms with van der Waals surface area (Å²) in [4.78, 5) is 14.0. The number of hydrogen-bond acceptors (Lipinski definition) is 3. The molecule has 2 aromatic carbocycles. The molecule has 4 nitrogen and oxygen atoms in total. The van der Waals surface area contributed by atoms with Gasteiger partial charge in [-0.15, -0.1) is 0 Å². The van der Waals surface area contributed by atoms with Crippen LogP contribution in [0.15, 0.2) is 42.5 Å². The molecular weight excluding hydrogens is 264 g/mol. The zero-order valence-electron chi connectivity index (χ0n) is 11.9. The van der Waals surface area contributed by atoms with Crippen molar-refractivity contribution in [2.75, 3.05) is 13.1 Å². The van der Waals surface area contributed by atoms with Crippen LogP contribution in [0.1, 0.15) is 24.5 Å². The second-order valence-electron chi connectivity index (χ2n) is 5.61. The maximum absolute atomic E-state index is 12.3. The largest absolute Gasteiger partial charge is 0.386 e. The Bertz CT molecular complexity index is 650. The van der Waals surface area contributed by atoms with E-state index in [1.54, 1.807) is 4.90 Å². The van der Waals surface area contributed by atoms with Crippen molar-refractivity contribution >= 4 is 16.7 Å². The summed E-state index contributed by atoms with van der Waals surface area (Å²) in [5, 5.41) is 12.5. The van der Waals surface area contributed by atoms with Crippen LogP contribution in [-0.2, 0) is 4.79 Å². The van der Waals surface area contributed by atoms with E-state index in [4.69, 9.17) is 5.73 Å². The number of carbonyl (C=O) groups excluding carboxylic acids is 1. The highest BCUT2D eigenvalue weighted by molar-refractivity contribution is 5.85.